The van der Waals surface area contributed by atoms with Crippen LogP contribution in [0, 0.1) is 23.2 Å². The summed E-state index contributed by atoms with van der Waals surface area (Å²) in [4.78, 5) is 47.3. The van der Waals surface area contributed by atoms with Gasteiger partial charge in [-0.25, -0.2) is 4.79 Å². The van der Waals surface area contributed by atoms with Crippen LogP contribution in [0.5, 0.6) is 0 Å². The molecule has 0 aromatic carbocycles. The van der Waals surface area contributed by atoms with Crippen LogP contribution in [0.4, 0.5) is 4.79 Å². The molecule has 0 aromatic rings. The summed E-state index contributed by atoms with van der Waals surface area (Å²) in [5.41, 5.74) is -0.185. The number of esters is 1. The summed E-state index contributed by atoms with van der Waals surface area (Å²) < 4.78 is 9.31. The molecule has 0 radical (unpaired) electrons. The number of ether oxygens (including phenoxy) is 2. The second-order valence-electron chi connectivity index (χ2n) is 8.67. The summed E-state index contributed by atoms with van der Waals surface area (Å²) in [6.07, 6.45) is 5.46. The molecule has 3 amide bonds. The van der Waals surface area contributed by atoms with E-state index >= 15 is 0 Å². The van der Waals surface area contributed by atoms with Gasteiger partial charge in [-0.2, -0.15) is 0 Å². The number of rotatable bonds is 7. The summed E-state index contributed by atoms with van der Waals surface area (Å²) >= 11 is 0. The lowest BCUT2D eigenvalue weighted by Gasteiger charge is -2.55. The van der Waals surface area contributed by atoms with Crippen LogP contribution in [0.25, 0.3) is 0 Å². The molecule has 0 heterocycles. The molecule has 4 aliphatic carbocycles. The Bertz CT molecular complexity index is 611. The summed E-state index contributed by atoms with van der Waals surface area (Å²) in [6, 6.07) is 0. The quantitative estimate of drug-likeness (QED) is 0.504. The van der Waals surface area contributed by atoms with E-state index in [1.165, 1.54) is 26.2 Å². The van der Waals surface area contributed by atoms with Crippen molar-refractivity contribution in [3.8, 4) is 0 Å². The smallest absolute Gasteiger partial charge is 0.413 e. The number of hydrogen-bond acceptors (Lipinski definition) is 6. The number of hydrogen-bond donors (Lipinski definition) is 2. The maximum atomic E-state index is 12.8. The lowest BCUT2D eigenvalue weighted by Crippen LogP contribution is -2.53. The molecular formula is C20H30N2O6. The van der Waals surface area contributed by atoms with Crippen molar-refractivity contribution in [3.05, 3.63) is 0 Å². The molecule has 0 aliphatic heterocycles. The molecule has 4 saturated carbocycles. The average Bonchev–Trinajstić information content (AvgIpc) is 2.63. The summed E-state index contributed by atoms with van der Waals surface area (Å²) in [5.74, 6) is 0.997. The number of alkyl carbamates (subject to hydrolysis) is 1. The van der Waals surface area contributed by atoms with E-state index in [-0.39, 0.29) is 17.7 Å². The van der Waals surface area contributed by atoms with Crippen LogP contribution >= 0.6 is 0 Å². The molecule has 4 aliphatic rings. The van der Waals surface area contributed by atoms with Crippen LogP contribution < -0.4 is 10.6 Å². The van der Waals surface area contributed by atoms with Gasteiger partial charge < -0.3 is 14.8 Å². The zero-order valence-corrected chi connectivity index (χ0v) is 16.6. The van der Waals surface area contributed by atoms with E-state index in [0.717, 1.165) is 26.4 Å². The van der Waals surface area contributed by atoms with Gasteiger partial charge in [0.1, 0.15) is 0 Å². The van der Waals surface area contributed by atoms with E-state index in [1.54, 1.807) is 0 Å². The van der Waals surface area contributed by atoms with Crippen molar-refractivity contribution in [1.82, 2.24) is 10.6 Å². The number of methoxy groups -OCH3 is 1. The Hall–Kier alpha value is -2.12. The fourth-order valence-corrected chi connectivity index (χ4v) is 5.57. The molecule has 156 valence electrons. The van der Waals surface area contributed by atoms with Gasteiger partial charge in [-0.3, -0.25) is 19.7 Å². The third kappa shape index (κ3) is 4.64. The molecule has 8 nitrogen and oxygen atoms in total. The highest BCUT2D eigenvalue weighted by atomic mass is 16.6. The zero-order chi connectivity index (χ0) is 20.3. The van der Waals surface area contributed by atoms with Gasteiger partial charge in [0.05, 0.1) is 7.11 Å². The van der Waals surface area contributed by atoms with E-state index in [4.69, 9.17) is 4.74 Å². The van der Waals surface area contributed by atoms with E-state index < -0.39 is 24.1 Å². The molecule has 4 rings (SSSR count). The van der Waals surface area contributed by atoms with Crippen molar-refractivity contribution in [1.29, 1.82) is 0 Å². The Labute approximate surface area is 165 Å². The van der Waals surface area contributed by atoms with E-state index in [1.807, 2.05) is 5.32 Å². The highest BCUT2D eigenvalue weighted by Crippen LogP contribution is 2.60. The topological polar surface area (TPSA) is 111 Å². The highest BCUT2D eigenvalue weighted by molar-refractivity contribution is 5.95. The molecule has 2 N–H and O–H groups in total. The second kappa shape index (κ2) is 8.49. The van der Waals surface area contributed by atoms with E-state index in [0.29, 0.717) is 30.7 Å². The van der Waals surface area contributed by atoms with Gasteiger partial charge in [0, 0.05) is 18.4 Å². The number of nitrogens with one attached hydrogen (secondary N) is 2. The van der Waals surface area contributed by atoms with Crippen LogP contribution in [0.15, 0.2) is 0 Å². The SMILES string of the molecule is COC(=O)NC(=O)[C@H](C)OC(=O)CCCNC(=O)C12CC3CC(CC(C3)C1)C2. The largest absolute Gasteiger partial charge is 0.453 e. The van der Waals surface area contributed by atoms with Gasteiger partial charge in [0.15, 0.2) is 6.10 Å². The fraction of sp³-hybridized carbons (Fsp3) is 0.800. The van der Waals surface area contributed by atoms with Crippen LogP contribution in [0.2, 0.25) is 0 Å². The Morgan fingerprint density at radius 1 is 1.04 bits per heavy atom. The number of carbonyl (C=O) groups is 4. The third-order valence-corrected chi connectivity index (χ3v) is 6.45. The van der Waals surface area contributed by atoms with Crippen molar-refractivity contribution in [2.75, 3.05) is 13.7 Å². The predicted molar refractivity (Wildman–Crippen MR) is 99.0 cm³/mol. The molecule has 1 atom stereocenters. The van der Waals surface area contributed by atoms with E-state index in [2.05, 4.69) is 10.1 Å². The first-order chi connectivity index (χ1) is 13.3. The standard InChI is InChI=1S/C20H30N2O6/c1-12(17(24)22-19(26)27-2)28-16(23)4-3-5-21-18(25)20-9-13-6-14(10-20)8-15(7-13)11-20/h12-15H,3-11H2,1-2H3,(H,21,25)(H,22,24,26)/t12-,13?,14?,15?,20?/m0/s1. The normalized spacial score (nSPS) is 31.0. The third-order valence-electron chi connectivity index (χ3n) is 6.45. The Kier molecular flexibility index (Phi) is 6.25. The molecule has 0 unspecified atom stereocenters. The Balaban J connectivity index is 1.35. The molecule has 4 fully saturated rings. The summed E-state index contributed by atoms with van der Waals surface area (Å²) in [5, 5.41) is 4.96. The van der Waals surface area contributed by atoms with Gasteiger partial charge in [0.2, 0.25) is 5.91 Å². The maximum absolute atomic E-state index is 12.8. The first-order valence-electron chi connectivity index (χ1n) is 10.2. The molecule has 0 aromatic heterocycles. The van der Waals surface area contributed by atoms with Gasteiger partial charge in [0.25, 0.3) is 5.91 Å². The maximum Gasteiger partial charge on any atom is 0.413 e. The predicted octanol–water partition coefficient (Wildman–Crippen LogP) is 1.91. The van der Waals surface area contributed by atoms with Gasteiger partial charge in [-0.15, -0.1) is 0 Å². The number of amides is 3. The highest BCUT2D eigenvalue weighted by Gasteiger charge is 2.54. The lowest BCUT2D eigenvalue weighted by molar-refractivity contribution is -0.154. The van der Waals surface area contributed by atoms with Crippen molar-refractivity contribution in [3.63, 3.8) is 0 Å². The molecule has 4 bridgehead atoms. The monoisotopic (exact) mass is 394 g/mol. The average molecular weight is 394 g/mol. The minimum absolute atomic E-state index is 0.0942. The van der Waals surface area contributed by atoms with Crippen molar-refractivity contribution in [2.24, 2.45) is 23.2 Å². The molecule has 8 heteroatoms. The minimum Gasteiger partial charge on any atom is -0.453 e. The first-order valence-corrected chi connectivity index (χ1v) is 10.2. The zero-order valence-electron chi connectivity index (χ0n) is 16.6. The summed E-state index contributed by atoms with van der Waals surface area (Å²) in [6.45, 7) is 1.80. The van der Waals surface area contributed by atoms with Crippen molar-refractivity contribution < 1.29 is 28.7 Å². The number of imide groups is 1. The fourth-order valence-electron chi connectivity index (χ4n) is 5.57. The number of carbonyl (C=O) groups excluding carboxylic acids is 4. The van der Waals surface area contributed by atoms with Crippen molar-refractivity contribution >= 4 is 23.9 Å². The molecule has 0 saturated heterocycles. The Morgan fingerprint density at radius 2 is 1.61 bits per heavy atom. The minimum atomic E-state index is -1.09. The molecular weight excluding hydrogens is 364 g/mol. The van der Waals surface area contributed by atoms with Crippen molar-refractivity contribution in [2.45, 2.75) is 64.4 Å². The van der Waals surface area contributed by atoms with Gasteiger partial charge in [-0.1, -0.05) is 0 Å². The van der Waals surface area contributed by atoms with Gasteiger partial charge in [-0.05, 0) is 69.6 Å². The first kappa shape index (κ1) is 20.6. The summed E-state index contributed by atoms with van der Waals surface area (Å²) in [7, 11) is 1.14. The van der Waals surface area contributed by atoms with Gasteiger partial charge >= 0.3 is 12.1 Å². The van der Waals surface area contributed by atoms with Crippen LogP contribution in [0.3, 0.4) is 0 Å². The lowest BCUT2D eigenvalue weighted by atomic mass is 9.49. The molecule has 28 heavy (non-hydrogen) atoms. The van der Waals surface area contributed by atoms with Crippen LogP contribution in [0.1, 0.15) is 58.3 Å². The second-order valence-corrected chi connectivity index (χ2v) is 8.67. The van der Waals surface area contributed by atoms with E-state index in [9.17, 15) is 19.2 Å². The Morgan fingerprint density at radius 3 is 2.14 bits per heavy atom. The van der Waals surface area contributed by atoms with Crippen LogP contribution in [-0.2, 0) is 23.9 Å². The molecule has 0 spiro atoms. The van der Waals surface area contributed by atoms with Crippen LogP contribution in [-0.4, -0.2) is 43.6 Å².